The molecule has 3 rings (SSSR count). The van der Waals surface area contributed by atoms with E-state index < -0.39 is 10.0 Å². The van der Waals surface area contributed by atoms with Crippen LogP contribution in [0.1, 0.15) is 24.0 Å². The molecule has 20 heavy (non-hydrogen) atoms. The van der Waals surface area contributed by atoms with E-state index in [0.717, 1.165) is 30.6 Å². The zero-order valence-electron chi connectivity index (χ0n) is 12.2. The molecular formula is C15H22N2O2S. The molecule has 2 saturated heterocycles. The molecular weight excluding hydrogens is 272 g/mol. The molecule has 2 heterocycles. The van der Waals surface area contributed by atoms with Gasteiger partial charge in [-0.15, -0.1) is 0 Å². The number of nitrogens with zero attached hydrogens (tertiary/aromatic N) is 2. The van der Waals surface area contributed by atoms with E-state index in [0.29, 0.717) is 24.0 Å². The van der Waals surface area contributed by atoms with Crippen LogP contribution in [0.5, 0.6) is 0 Å². The SMILES string of the molecule is Cc1ccc(S(=O)(=O)N2CCN3CCCC3C2)c(C)c1. The summed E-state index contributed by atoms with van der Waals surface area (Å²) >= 11 is 0. The van der Waals surface area contributed by atoms with Gasteiger partial charge in [-0.3, -0.25) is 4.90 Å². The molecule has 0 saturated carbocycles. The Morgan fingerprint density at radius 1 is 1.15 bits per heavy atom. The molecule has 110 valence electrons. The Bertz CT molecular complexity index is 612. The van der Waals surface area contributed by atoms with Crippen LogP contribution in [0.15, 0.2) is 23.1 Å². The lowest BCUT2D eigenvalue weighted by atomic mass is 10.2. The van der Waals surface area contributed by atoms with Crippen molar-refractivity contribution in [3.05, 3.63) is 29.3 Å². The molecule has 1 aromatic rings. The summed E-state index contributed by atoms with van der Waals surface area (Å²) in [4.78, 5) is 2.89. The topological polar surface area (TPSA) is 40.6 Å². The number of fused-ring (bicyclic) bond motifs is 1. The van der Waals surface area contributed by atoms with Crippen LogP contribution >= 0.6 is 0 Å². The molecule has 1 aromatic carbocycles. The van der Waals surface area contributed by atoms with Crippen molar-refractivity contribution < 1.29 is 8.42 Å². The van der Waals surface area contributed by atoms with E-state index in [1.807, 2.05) is 26.0 Å². The van der Waals surface area contributed by atoms with Crippen LogP contribution in [0.4, 0.5) is 0 Å². The van der Waals surface area contributed by atoms with Gasteiger partial charge in [-0.25, -0.2) is 8.42 Å². The van der Waals surface area contributed by atoms with Crippen molar-refractivity contribution >= 4 is 10.0 Å². The largest absolute Gasteiger partial charge is 0.298 e. The number of sulfonamides is 1. The summed E-state index contributed by atoms with van der Waals surface area (Å²) in [6.45, 7) is 7.13. The number of benzene rings is 1. The quantitative estimate of drug-likeness (QED) is 0.835. The Hall–Kier alpha value is -0.910. The summed E-state index contributed by atoms with van der Waals surface area (Å²) < 4.78 is 27.3. The molecule has 0 N–H and O–H groups in total. The van der Waals surface area contributed by atoms with Gasteiger partial charge < -0.3 is 0 Å². The van der Waals surface area contributed by atoms with E-state index in [-0.39, 0.29) is 0 Å². The lowest BCUT2D eigenvalue weighted by Crippen LogP contribution is -2.51. The first kappa shape index (κ1) is 14.0. The van der Waals surface area contributed by atoms with Crippen LogP contribution in [0, 0.1) is 13.8 Å². The van der Waals surface area contributed by atoms with Crippen molar-refractivity contribution in [2.45, 2.75) is 37.6 Å². The molecule has 0 aromatic heterocycles. The minimum absolute atomic E-state index is 0.421. The van der Waals surface area contributed by atoms with Crippen LogP contribution in [0.25, 0.3) is 0 Å². The average molecular weight is 294 g/mol. The van der Waals surface area contributed by atoms with Crippen molar-refractivity contribution in [2.75, 3.05) is 26.2 Å². The maximum atomic E-state index is 12.8. The highest BCUT2D eigenvalue weighted by Crippen LogP contribution is 2.27. The van der Waals surface area contributed by atoms with Crippen LogP contribution in [0.2, 0.25) is 0 Å². The minimum atomic E-state index is -3.34. The van der Waals surface area contributed by atoms with Crippen LogP contribution in [-0.4, -0.2) is 49.8 Å². The fourth-order valence-corrected chi connectivity index (χ4v) is 5.08. The van der Waals surface area contributed by atoms with E-state index in [4.69, 9.17) is 0 Å². The normalized spacial score (nSPS) is 24.8. The first-order valence-corrected chi connectivity index (χ1v) is 8.74. The van der Waals surface area contributed by atoms with Gasteiger partial charge in [0.1, 0.15) is 0 Å². The smallest absolute Gasteiger partial charge is 0.243 e. The van der Waals surface area contributed by atoms with Gasteiger partial charge in [0.25, 0.3) is 0 Å². The third-order valence-corrected chi connectivity index (χ3v) is 6.52. The van der Waals surface area contributed by atoms with Gasteiger partial charge in [-0.2, -0.15) is 4.31 Å². The Balaban J connectivity index is 1.88. The van der Waals surface area contributed by atoms with E-state index in [2.05, 4.69) is 4.90 Å². The van der Waals surface area contributed by atoms with Gasteiger partial charge in [0.15, 0.2) is 0 Å². The first-order valence-electron chi connectivity index (χ1n) is 7.30. The van der Waals surface area contributed by atoms with E-state index in [1.54, 1.807) is 10.4 Å². The molecule has 0 amide bonds. The number of rotatable bonds is 2. The van der Waals surface area contributed by atoms with Crippen molar-refractivity contribution in [2.24, 2.45) is 0 Å². The highest BCUT2D eigenvalue weighted by molar-refractivity contribution is 7.89. The van der Waals surface area contributed by atoms with Crippen molar-refractivity contribution in [3.63, 3.8) is 0 Å². The number of aryl methyl sites for hydroxylation is 2. The molecule has 1 unspecified atom stereocenters. The van der Waals surface area contributed by atoms with Crippen molar-refractivity contribution in [3.8, 4) is 0 Å². The van der Waals surface area contributed by atoms with Gasteiger partial charge in [-0.1, -0.05) is 17.7 Å². The standard InChI is InChI=1S/C15H22N2O2S/c1-12-5-6-15(13(2)10-12)20(18,19)17-9-8-16-7-3-4-14(16)11-17/h5-6,10,14H,3-4,7-9,11H2,1-2H3. The molecule has 0 spiro atoms. The Kier molecular flexibility index (Phi) is 3.60. The summed E-state index contributed by atoms with van der Waals surface area (Å²) in [5.41, 5.74) is 1.95. The van der Waals surface area contributed by atoms with Crippen molar-refractivity contribution in [1.29, 1.82) is 0 Å². The van der Waals surface area contributed by atoms with Gasteiger partial charge >= 0.3 is 0 Å². The number of hydrogen-bond donors (Lipinski definition) is 0. The predicted molar refractivity (Wildman–Crippen MR) is 79.3 cm³/mol. The van der Waals surface area contributed by atoms with Gasteiger partial charge in [0.05, 0.1) is 4.90 Å². The highest BCUT2D eigenvalue weighted by Gasteiger charge is 2.36. The third-order valence-electron chi connectivity index (χ3n) is 4.50. The number of hydrogen-bond acceptors (Lipinski definition) is 3. The van der Waals surface area contributed by atoms with Crippen LogP contribution in [-0.2, 0) is 10.0 Å². The van der Waals surface area contributed by atoms with Gasteiger partial charge in [-0.05, 0) is 44.9 Å². The monoisotopic (exact) mass is 294 g/mol. The fraction of sp³-hybridized carbons (Fsp3) is 0.600. The summed E-state index contributed by atoms with van der Waals surface area (Å²) in [5, 5.41) is 0. The second kappa shape index (κ2) is 5.13. The summed E-state index contributed by atoms with van der Waals surface area (Å²) in [5.74, 6) is 0. The van der Waals surface area contributed by atoms with Crippen molar-refractivity contribution in [1.82, 2.24) is 9.21 Å². The molecule has 0 radical (unpaired) electrons. The second-order valence-electron chi connectivity index (χ2n) is 5.96. The summed E-state index contributed by atoms with van der Waals surface area (Å²) in [7, 11) is -3.34. The second-order valence-corrected chi connectivity index (χ2v) is 7.87. The maximum absolute atomic E-state index is 12.8. The molecule has 4 nitrogen and oxygen atoms in total. The van der Waals surface area contributed by atoms with Crippen LogP contribution in [0.3, 0.4) is 0 Å². The zero-order chi connectivity index (χ0) is 14.3. The molecule has 0 bridgehead atoms. The zero-order valence-corrected chi connectivity index (χ0v) is 13.0. The summed E-state index contributed by atoms with van der Waals surface area (Å²) in [6, 6.07) is 6.00. The fourth-order valence-electron chi connectivity index (χ4n) is 3.41. The minimum Gasteiger partial charge on any atom is -0.298 e. The van der Waals surface area contributed by atoms with Gasteiger partial charge in [0.2, 0.25) is 10.0 Å². The molecule has 0 aliphatic carbocycles. The predicted octanol–water partition coefficient (Wildman–Crippen LogP) is 1.77. The Morgan fingerprint density at radius 3 is 2.70 bits per heavy atom. The molecule has 5 heteroatoms. The highest BCUT2D eigenvalue weighted by atomic mass is 32.2. The molecule has 2 fully saturated rings. The van der Waals surface area contributed by atoms with E-state index >= 15 is 0 Å². The lowest BCUT2D eigenvalue weighted by Gasteiger charge is -2.36. The van der Waals surface area contributed by atoms with E-state index in [9.17, 15) is 8.42 Å². The molecule has 1 atom stereocenters. The third kappa shape index (κ3) is 2.38. The average Bonchev–Trinajstić information content (AvgIpc) is 2.85. The Labute approximate surface area is 121 Å². The molecule has 2 aliphatic rings. The van der Waals surface area contributed by atoms with Gasteiger partial charge in [0, 0.05) is 25.7 Å². The first-order chi connectivity index (χ1) is 9.48. The molecule has 2 aliphatic heterocycles. The van der Waals surface area contributed by atoms with Crippen LogP contribution < -0.4 is 0 Å². The summed E-state index contributed by atoms with van der Waals surface area (Å²) in [6.07, 6.45) is 2.32. The lowest BCUT2D eigenvalue weighted by molar-refractivity contribution is 0.158. The van der Waals surface area contributed by atoms with E-state index in [1.165, 1.54) is 6.42 Å². The maximum Gasteiger partial charge on any atom is 0.243 e. The number of piperazine rings is 1. The Morgan fingerprint density at radius 2 is 1.95 bits per heavy atom.